The Hall–Kier alpha value is -1.98. The maximum atomic E-state index is 13.7. The minimum Gasteiger partial charge on any atom is -0.354 e. The van der Waals surface area contributed by atoms with Crippen molar-refractivity contribution in [2.45, 2.75) is 32.7 Å². The molecule has 1 fully saturated rings. The Morgan fingerprint density at radius 1 is 1.23 bits per heavy atom. The fraction of sp³-hybridized carbons (Fsp3) is 0.500. The van der Waals surface area contributed by atoms with Crippen molar-refractivity contribution in [3.05, 3.63) is 35.4 Å². The summed E-state index contributed by atoms with van der Waals surface area (Å²) in [5.41, 5.74) is -0.133. The van der Waals surface area contributed by atoms with Crippen molar-refractivity contribution < 1.29 is 18.4 Å². The first kappa shape index (κ1) is 16.4. The van der Waals surface area contributed by atoms with Gasteiger partial charge < -0.3 is 10.2 Å². The number of benzene rings is 1. The van der Waals surface area contributed by atoms with Gasteiger partial charge in [-0.25, -0.2) is 8.78 Å². The van der Waals surface area contributed by atoms with Crippen molar-refractivity contribution in [1.82, 2.24) is 10.2 Å². The molecule has 0 unspecified atom stereocenters. The summed E-state index contributed by atoms with van der Waals surface area (Å²) in [6.45, 7) is 4.58. The SMILES string of the molecule is CC(C)NC(=O)C1CCN(C(=O)c2ccc(F)cc2F)CC1. The third-order valence-corrected chi connectivity index (χ3v) is 3.75. The average molecular weight is 310 g/mol. The molecule has 0 aliphatic carbocycles. The molecule has 1 N–H and O–H groups in total. The lowest BCUT2D eigenvalue weighted by Gasteiger charge is -2.31. The zero-order chi connectivity index (χ0) is 16.3. The van der Waals surface area contributed by atoms with E-state index in [9.17, 15) is 18.4 Å². The van der Waals surface area contributed by atoms with E-state index >= 15 is 0 Å². The number of likely N-dealkylation sites (tertiary alicyclic amines) is 1. The van der Waals surface area contributed by atoms with Crippen LogP contribution in [-0.2, 0) is 4.79 Å². The number of amides is 2. The molecular weight excluding hydrogens is 290 g/mol. The van der Waals surface area contributed by atoms with E-state index in [1.807, 2.05) is 13.8 Å². The molecule has 2 rings (SSSR count). The molecule has 0 radical (unpaired) electrons. The summed E-state index contributed by atoms with van der Waals surface area (Å²) in [4.78, 5) is 25.7. The van der Waals surface area contributed by atoms with Gasteiger partial charge in [-0.05, 0) is 38.8 Å². The van der Waals surface area contributed by atoms with E-state index in [-0.39, 0.29) is 23.4 Å². The van der Waals surface area contributed by atoms with Gasteiger partial charge in [0.1, 0.15) is 11.6 Å². The van der Waals surface area contributed by atoms with E-state index < -0.39 is 17.5 Å². The van der Waals surface area contributed by atoms with Crippen molar-refractivity contribution in [2.75, 3.05) is 13.1 Å². The summed E-state index contributed by atoms with van der Waals surface area (Å²) in [5, 5.41) is 2.86. The first-order chi connectivity index (χ1) is 10.4. The van der Waals surface area contributed by atoms with Crippen molar-refractivity contribution in [2.24, 2.45) is 5.92 Å². The van der Waals surface area contributed by atoms with Crippen molar-refractivity contribution >= 4 is 11.8 Å². The molecule has 1 aromatic rings. The van der Waals surface area contributed by atoms with E-state index in [0.29, 0.717) is 32.0 Å². The van der Waals surface area contributed by atoms with Gasteiger partial charge in [0.05, 0.1) is 5.56 Å². The summed E-state index contributed by atoms with van der Waals surface area (Å²) < 4.78 is 26.5. The molecule has 0 spiro atoms. The molecule has 6 heteroatoms. The first-order valence-corrected chi connectivity index (χ1v) is 7.43. The number of nitrogens with one attached hydrogen (secondary N) is 1. The third kappa shape index (κ3) is 3.81. The van der Waals surface area contributed by atoms with E-state index in [2.05, 4.69) is 5.32 Å². The summed E-state index contributed by atoms with van der Waals surface area (Å²) in [6, 6.07) is 3.01. The van der Waals surface area contributed by atoms with Gasteiger partial charge in [-0.15, -0.1) is 0 Å². The summed E-state index contributed by atoms with van der Waals surface area (Å²) in [7, 11) is 0. The number of hydrogen-bond acceptors (Lipinski definition) is 2. The van der Waals surface area contributed by atoms with Crippen LogP contribution in [0.5, 0.6) is 0 Å². The van der Waals surface area contributed by atoms with E-state index in [1.165, 1.54) is 4.90 Å². The Balaban J connectivity index is 1.96. The molecule has 22 heavy (non-hydrogen) atoms. The number of nitrogens with zero attached hydrogens (tertiary/aromatic N) is 1. The highest BCUT2D eigenvalue weighted by Gasteiger charge is 2.29. The predicted molar refractivity (Wildman–Crippen MR) is 78.3 cm³/mol. The molecular formula is C16H20F2N2O2. The van der Waals surface area contributed by atoms with Gasteiger partial charge in [0.15, 0.2) is 0 Å². The molecule has 0 bridgehead atoms. The van der Waals surface area contributed by atoms with Crippen molar-refractivity contribution in [3.8, 4) is 0 Å². The number of halogens is 2. The molecule has 0 saturated carbocycles. The van der Waals surface area contributed by atoms with Crippen LogP contribution in [0.3, 0.4) is 0 Å². The zero-order valence-electron chi connectivity index (χ0n) is 12.7. The lowest BCUT2D eigenvalue weighted by molar-refractivity contribution is -0.126. The second-order valence-electron chi connectivity index (χ2n) is 5.85. The van der Waals surface area contributed by atoms with Crippen LogP contribution in [0, 0.1) is 17.6 Å². The minimum atomic E-state index is -0.857. The number of carbonyl (C=O) groups excluding carboxylic acids is 2. The van der Waals surface area contributed by atoms with Crippen molar-refractivity contribution in [3.63, 3.8) is 0 Å². The van der Waals surface area contributed by atoms with Gasteiger partial charge in [-0.2, -0.15) is 0 Å². The van der Waals surface area contributed by atoms with Crippen LogP contribution in [0.1, 0.15) is 37.0 Å². The maximum absolute atomic E-state index is 13.7. The Morgan fingerprint density at radius 3 is 2.41 bits per heavy atom. The summed E-state index contributed by atoms with van der Waals surface area (Å²) in [5.74, 6) is -2.15. The van der Waals surface area contributed by atoms with E-state index in [4.69, 9.17) is 0 Å². The number of hydrogen-bond donors (Lipinski definition) is 1. The van der Waals surface area contributed by atoms with Gasteiger partial charge in [0.25, 0.3) is 5.91 Å². The van der Waals surface area contributed by atoms with Gasteiger partial charge in [0, 0.05) is 31.1 Å². The highest BCUT2D eigenvalue weighted by Crippen LogP contribution is 2.20. The normalized spacial score (nSPS) is 16.0. The maximum Gasteiger partial charge on any atom is 0.256 e. The molecule has 1 aliphatic rings. The molecule has 120 valence electrons. The lowest BCUT2D eigenvalue weighted by Crippen LogP contribution is -2.44. The lowest BCUT2D eigenvalue weighted by atomic mass is 9.95. The van der Waals surface area contributed by atoms with Gasteiger partial charge >= 0.3 is 0 Å². The monoisotopic (exact) mass is 310 g/mol. The van der Waals surface area contributed by atoms with E-state index in [1.54, 1.807) is 0 Å². The highest BCUT2D eigenvalue weighted by molar-refractivity contribution is 5.94. The predicted octanol–water partition coefficient (Wildman–Crippen LogP) is 2.34. The van der Waals surface area contributed by atoms with Crippen LogP contribution in [0.4, 0.5) is 8.78 Å². The first-order valence-electron chi connectivity index (χ1n) is 7.43. The van der Waals surface area contributed by atoms with Crippen LogP contribution < -0.4 is 5.32 Å². The van der Waals surface area contributed by atoms with Gasteiger partial charge in [-0.3, -0.25) is 9.59 Å². The van der Waals surface area contributed by atoms with Crippen LogP contribution in [0.25, 0.3) is 0 Å². The van der Waals surface area contributed by atoms with Crippen molar-refractivity contribution in [1.29, 1.82) is 0 Å². The number of piperidine rings is 1. The van der Waals surface area contributed by atoms with Crippen LogP contribution in [0.2, 0.25) is 0 Å². The molecule has 1 saturated heterocycles. The van der Waals surface area contributed by atoms with Crippen LogP contribution in [0.15, 0.2) is 18.2 Å². The molecule has 4 nitrogen and oxygen atoms in total. The molecule has 2 amide bonds. The van der Waals surface area contributed by atoms with Gasteiger partial charge in [-0.1, -0.05) is 0 Å². The second kappa shape index (κ2) is 6.85. The second-order valence-corrected chi connectivity index (χ2v) is 5.85. The van der Waals surface area contributed by atoms with E-state index in [0.717, 1.165) is 12.1 Å². The highest BCUT2D eigenvalue weighted by atomic mass is 19.1. The molecule has 0 aromatic heterocycles. The quantitative estimate of drug-likeness (QED) is 0.931. The topological polar surface area (TPSA) is 49.4 Å². The van der Waals surface area contributed by atoms with Gasteiger partial charge in [0.2, 0.25) is 5.91 Å². The fourth-order valence-corrected chi connectivity index (χ4v) is 2.58. The Kier molecular flexibility index (Phi) is 5.11. The number of rotatable bonds is 3. The summed E-state index contributed by atoms with van der Waals surface area (Å²) in [6.07, 6.45) is 1.10. The third-order valence-electron chi connectivity index (χ3n) is 3.75. The average Bonchev–Trinajstić information content (AvgIpc) is 2.46. The minimum absolute atomic E-state index is 0.00457. The largest absolute Gasteiger partial charge is 0.354 e. The summed E-state index contributed by atoms with van der Waals surface area (Å²) >= 11 is 0. The standard InChI is InChI=1S/C16H20F2N2O2/c1-10(2)19-15(21)11-5-7-20(8-6-11)16(22)13-4-3-12(17)9-14(13)18/h3-4,9-11H,5-8H2,1-2H3,(H,19,21). The Bertz CT molecular complexity index is 567. The number of carbonyl (C=O) groups is 2. The smallest absolute Gasteiger partial charge is 0.256 e. The van der Waals surface area contributed by atoms with Crippen LogP contribution >= 0.6 is 0 Å². The Morgan fingerprint density at radius 2 is 1.86 bits per heavy atom. The zero-order valence-corrected chi connectivity index (χ0v) is 12.7. The Labute approximate surface area is 128 Å². The fourth-order valence-electron chi connectivity index (χ4n) is 2.58. The molecule has 1 aromatic carbocycles. The molecule has 1 aliphatic heterocycles. The molecule has 1 heterocycles. The van der Waals surface area contributed by atoms with Crippen LogP contribution in [-0.4, -0.2) is 35.8 Å². The molecule has 0 atom stereocenters.